The average molecular weight is 505 g/mol. The zero-order valence-corrected chi connectivity index (χ0v) is 21.0. The largest absolute Gasteiger partial charge is 0.485 e. The fourth-order valence-electron chi connectivity index (χ4n) is 3.62. The molecule has 2 heterocycles. The topological polar surface area (TPSA) is 79.3 Å². The van der Waals surface area contributed by atoms with E-state index in [0.29, 0.717) is 28.6 Å². The second-order valence-electron chi connectivity index (χ2n) is 8.21. The molecule has 0 saturated carbocycles. The first kappa shape index (κ1) is 23.5. The quantitative estimate of drug-likeness (QED) is 0.202. The third kappa shape index (κ3) is 5.32. The van der Waals surface area contributed by atoms with Crippen molar-refractivity contribution in [3.63, 3.8) is 0 Å². The second-order valence-corrected chi connectivity index (χ2v) is 12.5. The molecule has 0 bridgehead atoms. The number of rotatable bonds is 8. The first-order valence-corrected chi connectivity index (χ1v) is 14.1. The van der Waals surface area contributed by atoms with E-state index in [-0.39, 0.29) is 5.88 Å². The first-order valence-electron chi connectivity index (χ1n) is 10.3. The molecule has 1 unspecified atom stereocenters. The van der Waals surface area contributed by atoms with Gasteiger partial charge in [0.1, 0.15) is 11.4 Å². The summed E-state index contributed by atoms with van der Waals surface area (Å²) in [5, 5.41) is 12.4. The molecule has 0 fully saturated rings. The van der Waals surface area contributed by atoms with Gasteiger partial charge in [-0.1, -0.05) is 30.3 Å². The van der Waals surface area contributed by atoms with Crippen molar-refractivity contribution in [1.82, 2.24) is 0 Å². The third-order valence-corrected chi connectivity index (χ3v) is 9.32. The number of ether oxygens (including phenoxy) is 1. The summed E-state index contributed by atoms with van der Waals surface area (Å²) in [6.45, 7) is 5.48. The van der Waals surface area contributed by atoms with E-state index < -0.39 is 19.2 Å². The van der Waals surface area contributed by atoms with Gasteiger partial charge in [0.05, 0.1) is 17.3 Å². The minimum Gasteiger partial charge on any atom is -0.485 e. The van der Waals surface area contributed by atoms with Crippen LogP contribution in [0.4, 0.5) is 16.2 Å². The van der Waals surface area contributed by atoms with E-state index in [9.17, 15) is 14.5 Å². The lowest BCUT2D eigenvalue weighted by atomic mass is 10.0. The van der Waals surface area contributed by atoms with Crippen molar-refractivity contribution in [2.24, 2.45) is 0 Å². The van der Waals surface area contributed by atoms with Crippen LogP contribution in [0, 0.1) is 0 Å². The van der Waals surface area contributed by atoms with Crippen LogP contribution >= 0.6 is 30.8 Å². The molecule has 0 spiro atoms. The highest BCUT2D eigenvalue weighted by molar-refractivity contribution is 8.07. The standard InChI is InChI=1S/C23H25N2O5PS2/c1-23(2)15-17-9-7-12-19(21(17)29-23)24(22(26)27)16-33-25(18-10-5-4-6-11-18)31(3,28)30-20-13-8-14-32-20/h4-14H,15-16H2,1-3H3,(H,26,27). The fraction of sp³-hybridized carbons (Fsp3) is 0.261. The van der Waals surface area contributed by atoms with E-state index >= 15 is 0 Å². The predicted molar refractivity (Wildman–Crippen MR) is 135 cm³/mol. The van der Waals surface area contributed by atoms with Crippen LogP contribution < -0.4 is 18.2 Å². The lowest BCUT2D eigenvalue weighted by Crippen LogP contribution is -2.32. The smallest absolute Gasteiger partial charge is 0.412 e. The molecule has 2 aromatic carbocycles. The Hall–Kier alpha value is -2.61. The number of amides is 1. The van der Waals surface area contributed by atoms with E-state index in [1.807, 2.05) is 67.8 Å². The maximum atomic E-state index is 13.7. The van der Waals surface area contributed by atoms with E-state index in [2.05, 4.69) is 0 Å². The number of hydrogen-bond acceptors (Lipinski definition) is 6. The summed E-state index contributed by atoms with van der Waals surface area (Å²) in [4.78, 5) is 13.5. The summed E-state index contributed by atoms with van der Waals surface area (Å²) < 4.78 is 27.2. The van der Waals surface area contributed by atoms with Crippen molar-refractivity contribution in [2.45, 2.75) is 25.9 Å². The Balaban J connectivity index is 1.62. The summed E-state index contributed by atoms with van der Waals surface area (Å²) in [6, 6.07) is 18.3. The summed E-state index contributed by atoms with van der Waals surface area (Å²) in [5.41, 5.74) is 1.69. The fourth-order valence-corrected chi connectivity index (χ4v) is 7.51. The maximum Gasteiger partial charge on any atom is 0.412 e. The summed E-state index contributed by atoms with van der Waals surface area (Å²) in [6.07, 6.45) is -0.423. The molecular weight excluding hydrogens is 479 g/mol. The normalized spacial score (nSPS) is 15.7. The van der Waals surface area contributed by atoms with Gasteiger partial charge in [0.2, 0.25) is 0 Å². The van der Waals surface area contributed by atoms with Crippen molar-refractivity contribution in [2.75, 3.05) is 21.5 Å². The van der Waals surface area contributed by atoms with Crippen LogP contribution in [-0.2, 0) is 11.0 Å². The zero-order valence-electron chi connectivity index (χ0n) is 18.5. The summed E-state index contributed by atoms with van der Waals surface area (Å²) >= 11 is 2.47. The monoisotopic (exact) mass is 504 g/mol. The van der Waals surface area contributed by atoms with Crippen LogP contribution in [0.2, 0.25) is 0 Å². The Labute approximate surface area is 201 Å². The molecule has 0 aliphatic carbocycles. The third-order valence-electron chi connectivity index (χ3n) is 4.96. The van der Waals surface area contributed by atoms with Crippen LogP contribution in [0.3, 0.4) is 0 Å². The van der Waals surface area contributed by atoms with Crippen LogP contribution in [0.25, 0.3) is 0 Å². The highest BCUT2D eigenvalue weighted by Gasteiger charge is 2.35. The number of hydrogen-bond donors (Lipinski definition) is 1. The van der Waals surface area contributed by atoms with Crippen LogP contribution in [-0.4, -0.2) is 29.3 Å². The zero-order chi connectivity index (χ0) is 23.6. The van der Waals surface area contributed by atoms with Crippen LogP contribution in [0.1, 0.15) is 19.4 Å². The van der Waals surface area contributed by atoms with Gasteiger partial charge in [-0.25, -0.2) is 8.87 Å². The molecule has 1 amide bonds. The number of benzene rings is 2. The van der Waals surface area contributed by atoms with Gasteiger partial charge < -0.3 is 14.4 Å². The Morgan fingerprint density at radius 2 is 1.94 bits per heavy atom. The molecular formula is C23H25N2O5PS2. The summed E-state index contributed by atoms with van der Waals surface area (Å²) in [5.74, 6) is 0.571. The lowest BCUT2D eigenvalue weighted by molar-refractivity contribution is 0.138. The molecule has 1 N–H and O–H groups in total. The minimum absolute atomic E-state index is 0.00387. The number of carboxylic acid groups (broad SMARTS) is 1. The number of thiophene rings is 1. The van der Waals surface area contributed by atoms with Crippen molar-refractivity contribution in [3.05, 3.63) is 71.6 Å². The molecule has 10 heteroatoms. The molecule has 0 radical (unpaired) electrons. The minimum atomic E-state index is -3.37. The second kappa shape index (κ2) is 9.33. The van der Waals surface area contributed by atoms with E-state index in [0.717, 1.165) is 17.5 Å². The number of para-hydroxylation sites is 2. The van der Waals surface area contributed by atoms with Crippen molar-refractivity contribution >= 4 is 48.3 Å². The SMILES string of the molecule is CC1(C)Cc2cccc(N(CSN(c3ccccc3)P(C)(=O)Oc3cccs3)C(=O)O)c2O1. The number of fused-ring (bicyclic) bond motifs is 1. The van der Waals surface area contributed by atoms with E-state index in [1.165, 1.54) is 22.9 Å². The van der Waals surface area contributed by atoms with Gasteiger partial charge in [0.25, 0.3) is 0 Å². The molecule has 1 atom stereocenters. The molecule has 0 saturated heterocycles. The van der Waals surface area contributed by atoms with Gasteiger partial charge in [-0.15, -0.1) is 11.3 Å². The molecule has 1 aliphatic heterocycles. The number of carbonyl (C=O) groups is 1. The van der Waals surface area contributed by atoms with Gasteiger partial charge in [-0.2, -0.15) is 0 Å². The molecule has 174 valence electrons. The molecule has 4 rings (SSSR count). The average Bonchev–Trinajstić information content (AvgIpc) is 3.36. The van der Waals surface area contributed by atoms with Gasteiger partial charge in [-0.3, -0.25) is 9.46 Å². The maximum absolute atomic E-state index is 13.7. The Morgan fingerprint density at radius 1 is 1.18 bits per heavy atom. The predicted octanol–water partition coefficient (Wildman–Crippen LogP) is 6.96. The van der Waals surface area contributed by atoms with Gasteiger partial charge in [0.15, 0.2) is 5.06 Å². The Morgan fingerprint density at radius 3 is 2.61 bits per heavy atom. The lowest BCUT2D eigenvalue weighted by Gasteiger charge is -2.31. The van der Waals surface area contributed by atoms with E-state index in [4.69, 9.17) is 9.26 Å². The van der Waals surface area contributed by atoms with Crippen molar-refractivity contribution in [1.29, 1.82) is 0 Å². The highest BCUT2D eigenvalue weighted by Crippen LogP contribution is 2.54. The molecule has 3 aromatic rings. The van der Waals surface area contributed by atoms with Crippen molar-refractivity contribution in [3.8, 4) is 10.8 Å². The van der Waals surface area contributed by atoms with Gasteiger partial charge in [-0.05, 0) is 61.5 Å². The first-order chi connectivity index (χ1) is 15.7. The van der Waals surface area contributed by atoms with E-state index in [1.54, 1.807) is 16.2 Å². The van der Waals surface area contributed by atoms with Crippen molar-refractivity contribution < 1.29 is 23.7 Å². The van der Waals surface area contributed by atoms with Gasteiger partial charge >= 0.3 is 13.6 Å². The number of anilines is 2. The molecule has 33 heavy (non-hydrogen) atoms. The molecule has 7 nitrogen and oxygen atoms in total. The van der Waals surface area contributed by atoms with Gasteiger partial charge in [0, 0.05) is 18.6 Å². The van der Waals surface area contributed by atoms with Crippen LogP contribution in [0.15, 0.2) is 66.0 Å². The Bertz CT molecular complexity index is 1170. The summed E-state index contributed by atoms with van der Waals surface area (Å²) in [7, 11) is -3.37. The number of nitrogens with zero attached hydrogens (tertiary/aromatic N) is 2. The van der Waals surface area contributed by atoms with Crippen LogP contribution in [0.5, 0.6) is 10.8 Å². The Kier molecular flexibility index (Phi) is 6.66. The molecule has 1 aromatic heterocycles. The molecule has 1 aliphatic rings. The highest BCUT2D eigenvalue weighted by atomic mass is 32.2.